The maximum Gasteiger partial charge on any atom is 0.235 e. The standard InChI is InChI=1S/C11H12N2O/c12-7-5-11(6-7)8-3-1-2-4-9(8)13-10(11)14/h1-4,7H,5-6,12H2,(H,13,14). The second-order valence-electron chi connectivity index (χ2n) is 4.25. The molecule has 1 heterocycles. The zero-order chi connectivity index (χ0) is 9.76. The summed E-state index contributed by atoms with van der Waals surface area (Å²) >= 11 is 0. The van der Waals surface area contributed by atoms with E-state index in [1.807, 2.05) is 24.3 Å². The Bertz CT molecular complexity index is 408. The predicted molar refractivity (Wildman–Crippen MR) is 54.0 cm³/mol. The number of anilines is 1. The number of hydrogen-bond acceptors (Lipinski definition) is 2. The summed E-state index contributed by atoms with van der Waals surface area (Å²) in [5.74, 6) is 0.125. The third-order valence-electron chi connectivity index (χ3n) is 3.35. The van der Waals surface area contributed by atoms with Gasteiger partial charge in [-0.25, -0.2) is 0 Å². The number of nitrogens with two attached hydrogens (primary N) is 1. The van der Waals surface area contributed by atoms with E-state index < -0.39 is 0 Å². The van der Waals surface area contributed by atoms with Crippen LogP contribution < -0.4 is 11.1 Å². The lowest BCUT2D eigenvalue weighted by atomic mass is 9.62. The van der Waals surface area contributed by atoms with Crippen LogP contribution in [-0.2, 0) is 10.2 Å². The third-order valence-corrected chi connectivity index (χ3v) is 3.35. The number of nitrogens with one attached hydrogen (secondary N) is 1. The molecule has 1 aliphatic carbocycles. The van der Waals surface area contributed by atoms with Gasteiger partial charge in [-0.3, -0.25) is 4.79 Å². The van der Waals surface area contributed by atoms with E-state index in [2.05, 4.69) is 5.32 Å². The van der Waals surface area contributed by atoms with E-state index in [0.717, 1.165) is 24.1 Å². The van der Waals surface area contributed by atoms with Gasteiger partial charge in [-0.15, -0.1) is 0 Å². The zero-order valence-electron chi connectivity index (χ0n) is 7.79. The van der Waals surface area contributed by atoms with Gasteiger partial charge in [-0.05, 0) is 24.5 Å². The topological polar surface area (TPSA) is 55.1 Å². The normalized spacial score (nSPS) is 33.8. The number of fused-ring (bicyclic) bond motifs is 2. The second kappa shape index (κ2) is 2.36. The lowest BCUT2D eigenvalue weighted by Gasteiger charge is -2.41. The van der Waals surface area contributed by atoms with Crippen molar-refractivity contribution in [3.63, 3.8) is 0 Å². The van der Waals surface area contributed by atoms with Gasteiger partial charge in [0.25, 0.3) is 0 Å². The van der Waals surface area contributed by atoms with Gasteiger partial charge in [0.2, 0.25) is 5.91 Å². The molecular weight excluding hydrogens is 176 g/mol. The van der Waals surface area contributed by atoms with Gasteiger partial charge in [0.15, 0.2) is 0 Å². The van der Waals surface area contributed by atoms with E-state index in [9.17, 15) is 4.79 Å². The van der Waals surface area contributed by atoms with Crippen molar-refractivity contribution >= 4 is 11.6 Å². The summed E-state index contributed by atoms with van der Waals surface area (Å²) in [7, 11) is 0. The van der Waals surface area contributed by atoms with Crippen molar-refractivity contribution in [2.24, 2.45) is 5.73 Å². The highest BCUT2D eigenvalue weighted by Gasteiger charge is 2.54. The van der Waals surface area contributed by atoms with E-state index in [4.69, 9.17) is 5.73 Å². The Morgan fingerprint density at radius 2 is 2.07 bits per heavy atom. The van der Waals surface area contributed by atoms with Gasteiger partial charge >= 0.3 is 0 Å². The van der Waals surface area contributed by atoms with Crippen LogP contribution in [-0.4, -0.2) is 11.9 Å². The number of carbonyl (C=O) groups excluding carboxylic acids is 1. The molecule has 0 radical (unpaired) electrons. The van der Waals surface area contributed by atoms with Gasteiger partial charge in [0.1, 0.15) is 0 Å². The Hall–Kier alpha value is -1.35. The van der Waals surface area contributed by atoms with Gasteiger partial charge in [-0.1, -0.05) is 18.2 Å². The Kier molecular flexibility index (Phi) is 1.35. The SMILES string of the molecule is NC1CC2(C1)C(=O)Nc1ccccc12. The molecule has 0 aromatic heterocycles. The number of hydrogen-bond donors (Lipinski definition) is 2. The quantitative estimate of drug-likeness (QED) is 0.638. The molecule has 3 rings (SSSR count). The van der Waals surface area contributed by atoms with Gasteiger partial charge in [0.05, 0.1) is 5.41 Å². The van der Waals surface area contributed by atoms with Crippen molar-refractivity contribution in [1.82, 2.24) is 0 Å². The van der Waals surface area contributed by atoms with Crippen LogP contribution in [0.15, 0.2) is 24.3 Å². The summed E-state index contributed by atoms with van der Waals surface area (Å²) in [5, 5.41) is 2.92. The van der Waals surface area contributed by atoms with E-state index in [1.54, 1.807) is 0 Å². The number of para-hydroxylation sites is 1. The van der Waals surface area contributed by atoms with Crippen LogP contribution in [0.4, 0.5) is 5.69 Å². The Labute approximate surface area is 82.3 Å². The predicted octanol–water partition coefficient (Wildman–Crippen LogP) is 0.998. The minimum Gasteiger partial charge on any atom is -0.328 e. The highest BCUT2D eigenvalue weighted by atomic mass is 16.2. The molecule has 14 heavy (non-hydrogen) atoms. The molecule has 1 aliphatic heterocycles. The molecule has 0 atom stereocenters. The summed E-state index contributed by atoms with van der Waals surface area (Å²) in [5.41, 5.74) is 7.57. The molecular formula is C11H12N2O. The van der Waals surface area contributed by atoms with E-state index in [0.29, 0.717) is 0 Å². The molecule has 72 valence electrons. The summed E-state index contributed by atoms with van der Waals surface area (Å²) in [6, 6.07) is 8.08. The van der Waals surface area contributed by atoms with Crippen LogP contribution in [0.2, 0.25) is 0 Å². The molecule has 0 unspecified atom stereocenters. The molecule has 3 nitrogen and oxygen atoms in total. The molecule has 1 saturated carbocycles. The number of amides is 1. The van der Waals surface area contributed by atoms with Crippen molar-refractivity contribution in [2.45, 2.75) is 24.3 Å². The Morgan fingerprint density at radius 1 is 1.36 bits per heavy atom. The fourth-order valence-corrected chi connectivity index (χ4v) is 2.61. The highest BCUT2D eigenvalue weighted by Crippen LogP contribution is 2.50. The van der Waals surface area contributed by atoms with Gasteiger partial charge < -0.3 is 11.1 Å². The smallest absolute Gasteiger partial charge is 0.235 e. The van der Waals surface area contributed by atoms with Crippen molar-refractivity contribution in [3.05, 3.63) is 29.8 Å². The molecule has 1 amide bonds. The average molecular weight is 188 g/mol. The first-order valence-electron chi connectivity index (χ1n) is 4.89. The van der Waals surface area contributed by atoms with Crippen molar-refractivity contribution in [3.8, 4) is 0 Å². The average Bonchev–Trinajstić information content (AvgIpc) is 2.40. The zero-order valence-corrected chi connectivity index (χ0v) is 7.79. The minimum absolute atomic E-state index is 0.125. The maximum atomic E-state index is 11.8. The largest absolute Gasteiger partial charge is 0.328 e. The number of carbonyl (C=O) groups is 1. The van der Waals surface area contributed by atoms with Gasteiger partial charge in [-0.2, -0.15) is 0 Å². The van der Waals surface area contributed by atoms with Crippen LogP contribution in [0.1, 0.15) is 18.4 Å². The number of benzene rings is 1. The molecule has 2 aliphatic rings. The molecule has 1 aromatic carbocycles. The monoisotopic (exact) mass is 188 g/mol. The summed E-state index contributed by atoms with van der Waals surface area (Å²) in [6.45, 7) is 0. The summed E-state index contributed by atoms with van der Waals surface area (Å²) in [6.07, 6.45) is 1.58. The maximum absolute atomic E-state index is 11.8. The van der Waals surface area contributed by atoms with E-state index in [-0.39, 0.29) is 17.4 Å². The van der Waals surface area contributed by atoms with Crippen molar-refractivity contribution in [1.29, 1.82) is 0 Å². The fourth-order valence-electron chi connectivity index (χ4n) is 2.61. The lowest BCUT2D eigenvalue weighted by molar-refractivity contribution is -0.124. The molecule has 0 saturated heterocycles. The molecule has 3 N–H and O–H groups in total. The first kappa shape index (κ1) is 8.00. The molecule has 3 heteroatoms. The van der Waals surface area contributed by atoms with Crippen LogP contribution in [0.25, 0.3) is 0 Å². The fraction of sp³-hybridized carbons (Fsp3) is 0.364. The minimum atomic E-state index is -0.296. The van der Waals surface area contributed by atoms with Gasteiger partial charge in [0, 0.05) is 11.7 Å². The Morgan fingerprint density at radius 3 is 2.79 bits per heavy atom. The molecule has 1 aromatic rings. The van der Waals surface area contributed by atoms with Crippen molar-refractivity contribution in [2.75, 3.05) is 5.32 Å². The summed E-state index contributed by atoms with van der Waals surface area (Å²) in [4.78, 5) is 11.8. The molecule has 1 fully saturated rings. The second-order valence-corrected chi connectivity index (χ2v) is 4.25. The van der Waals surface area contributed by atoms with E-state index >= 15 is 0 Å². The first-order valence-corrected chi connectivity index (χ1v) is 4.89. The molecule has 1 spiro atoms. The molecule has 0 bridgehead atoms. The van der Waals surface area contributed by atoms with E-state index in [1.165, 1.54) is 0 Å². The first-order chi connectivity index (χ1) is 6.72. The van der Waals surface area contributed by atoms with Crippen LogP contribution >= 0.6 is 0 Å². The number of rotatable bonds is 0. The third kappa shape index (κ3) is 0.780. The Balaban J connectivity index is 2.12. The highest BCUT2D eigenvalue weighted by molar-refractivity contribution is 6.07. The summed E-state index contributed by atoms with van der Waals surface area (Å²) < 4.78 is 0. The van der Waals surface area contributed by atoms with Crippen LogP contribution in [0.3, 0.4) is 0 Å². The van der Waals surface area contributed by atoms with Crippen LogP contribution in [0, 0.1) is 0 Å². The van der Waals surface area contributed by atoms with Crippen molar-refractivity contribution < 1.29 is 4.79 Å². The van der Waals surface area contributed by atoms with Crippen LogP contribution in [0.5, 0.6) is 0 Å². The lowest BCUT2D eigenvalue weighted by Crippen LogP contribution is -2.53.